The van der Waals surface area contributed by atoms with Crippen molar-refractivity contribution >= 4 is 34.2 Å². The second-order valence-electron chi connectivity index (χ2n) is 7.61. The number of aromatic nitrogens is 1. The molecule has 29 heavy (non-hydrogen) atoms. The molecule has 0 unspecified atom stereocenters. The number of hydrogen-bond acceptors (Lipinski definition) is 5. The third-order valence-corrected chi connectivity index (χ3v) is 7.01. The third kappa shape index (κ3) is 2.50. The number of fused-ring (bicyclic) bond motifs is 3. The Bertz CT molecular complexity index is 1370. The van der Waals surface area contributed by atoms with E-state index >= 15 is 0 Å². The minimum atomic E-state index is -0.224. The number of para-hydroxylation sites is 1. The van der Waals surface area contributed by atoms with E-state index in [9.17, 15) is 9.59 Å². The first-order valence-corrected chi connectivity index (χ1v) is 10.6. The highest BCUT2D eigenvalue weighted by Crippen LogP contribution is 2.29. The topological polar surface area (TPSA) is 66.7 Å². The minimum absolute atomic E-state index is 0.151. The largest absolute Gasteiger partial charge is 0.334 e. The average Bonchev–Trinajstić information content (AvgIpc) is 3.42. The molecule has 0 spiro atoms. The lowest BCUT2D eigenvalue weighted by Crippen LogP contribution is -2.43. The molecule has 1 amide bonds. The number of nitrogens with one attached hydrogen (secondary N) is 1. The maximum atomic E-state index is 13.2. The second-order valence-corrected chi connectivity index (χ2v) is 8.59. The van der Waals surface area contributed by atoms with Crippen LogP contribution in [0.2, 0.25) is 0 Å². The standard InChI is InChI=1S/C22H18N4O2S/c27-20-18(16-6-1-2-7-17(16)24-20)19-21(28)26-12-25(11-23-22(26)29-19)15-9-8-13-4-3-5-14(13)10-15/h1-2,6-10H,3-5,11-12H2,(H,24,27)/b19-18-. The first-order valence-electron chi connectivity index (χ1n) is 9.75. The van der Waals surface area contributed by atoms with E-state index in [1.54, 1.807) is 4.57 Å². The molecule has 1 aliphatic carbocycles. The summed E-state index contributed by atoms with van der Waals surface area (Å²) in [4.78, 5) is 33.2. The number of thiazole rings is 1. The summed E-state index contributed by atoms with van der Waals surface area (Å²) in [5.74, 6) is -0.224. The SMILES string of the molecule is O=C1Nc2ccccc2/C1=c1/sc2n(c1=O)CN(c1ccc3c(c1)CCC3)CN=2. The van der Waals surface area contributed by atoms with Gasteiger partial charge in [-0.1, -0.05) is 35.6 Å². The van der Waals surface area contributed by atoms with Gasteiger partial charge in [0.1, 0.15) is 17.9 Å². The normalized spacial score (nSPS) is 18.8. The summed E-state index contributed by atoms with van der Waals surface area (Å²) in [7, 11) is 0. The Hall–Kier alpha value is -3.19. The summed E-state index contributed by atoms with van der Waals surface area (Å²) in [5.41, 5.74) is 5.76. The molecule has 2 aromatic carbocycles. The molecule has 3 aromatic rings. The number of hydrogen-bond donors (Lipinski definition) is 1. The van der Waals surface area contributed by atoms with Gasteiger partial charge in [0.2, 0.25) is 0 Å². The Balaban J connectivity index is 1.45. The van der Waals surface area contributed by atoms with Crippen molar-refractivity contribution in [3.63, 3.8) is 0 Å². The van der Waals surface area contributed by atoms with Crippen LogP contribution < -0.4 is 25.1 Å². The van der Waals surface area contributed by atoms with Crippen molar-refractivity contribution < 1.29 is 4.79 Å². The molecule has 2 aliphatic heterocycles. The van der Waals surface area contributed by atoms with Gasteiger partial charge in [0.15, 0.2) is 4.80 Å². The molecular formula is C22H18N4O2S. The number of anilines is 2. The Morgan fingerprint density at radius 2 is 1.90 bits per heavy atom. The van der Waals surface area contributed by atoms with Gasteiger partial charge in [-0.3, -0.25) is 14.2 Å². The van der Waals surface area contributed by atoms with Crippen LogP contribution in [0.3, 0.4) is 0 Å². The third-order valence-electron chi connectivity index (χ3n) is 5.90. The molecule has 1 aromatic heterocycles. The fourth-order valence-corrected chi connectivity index (χ4v) is 5.48. The van der Waals surface area contributed by atoms with Crippen molar-refractivity contribution in [3.8, 4) is 0 Å². The summed E-state index contributed by atoms with van der Waals surface area (Å²) in [5, 5.41) is 2.85. The van der Waals surface area contributed by atoms with Gasteiger partial charge < -0.3 is 10.2 Å². The van der Waals surface area contributed by atoms with E-state index in [-0.39, 0.29) is 11.5 Å². The van der Waals surface area contributed by atoms with Gasteiger partial charge in [0, 0.05) is 16.9 Å². The maximum absolute atomic E-state index is 13.2. The molecule has 144 valence electrons. The Morgan fingerprint density at radius 3 is 2.83 bits per heavy atom. The van der Waals surface area contributed by atoms with E-state index in [1.807, 2.05) is 24.3 Å². The zero-order valence-corrected chi connectivity index (χ0v) is 16.5. The van der Waals surface area contributed by atoms with E-state index in [4.69, 9.17) is 0 Å². The van der Waals surface area contributed by atoms with Gasteiger partial charge in [0.05, 0.1) is 5.57 Å². The van der Waals surface area contributed by atoms with Crippen molar-refractivity contribution in [1.82, 2.24) is 4.57 Å². The smallest absolute Gasteiger partial charge is 0.272 e. The van der Waals surface area contributed by atoms with Crippen LogP contribution in [0.25, 0.3) is 5.57 Å². The number of nitrogens with zero attached hydrogens (tertiary/aromatic N) is 3. The molecule has 0 bridgehead atoms. The van der Waals surface area contributed by atoms with Crippen molar-refractivity contribution in [2.45, 2.75) is 25.9 Å². The lowest BCUT2D eigenvalue weighted by Gasteiger charge is -2.26. The Morgan fingerprint density at radius 1 is 1.03 bits per heavy atom. The number of amides is 1. The van der Waals surface area contributed by atoms with Crippen LogP contribution in [0.5, 0.6) is 0 Å². The first kappa shape index (κ1) is 16.7. The highest BCUT2D eigenvalue weighted by atomic mass is 32.1. The Kier molecular flexibility index (Phi) is 3.55. The van der Waals surface area contributed by atoms with Gasteiger partial charge in [-0.2, -0.15) is 0 Å². The van der Waals surface area contributed by atoms with E-state index in [0.717, 1.165) is 29.8 Å². The van der Waals surface area contributed by atoms with Crippen molar-refractivity contribution in [3.05, 3.63) is 78.8 Å². The summed E-state index contributed by atoms with van der Waals surface area (Å²) >= 11 is 1.30. The molecule has 3 heterocycles. The van der Waals surface area contributed by atoms with E-state index in [1.165, 1.54) is 28.9 Å². The predicted molar refractivity (Wildman–Crippen MR) is 113 cm³/mol. The van der Waals surface area contributed by atoms with Crippen LogP contribution in [0.15, 0.2) is 52.3 Å². The number of aryl methyl sites for hydroxylation is 2. The molecule has 0 radical (unpaired) electrons. The minimum Gasteiger partial charge on any atom is -0.334 e. The molecule has 0 fully saturated rings. The summed E-state index contributed by atoms with van der Waals surface area (Å²) in [6.45, 7) is 0.958. The van der Waals surface area contributed by atoms with Crippen LogP contribution in [0.1, 0.15) is 23.1 Å². The molecule has 0 saturated carbocycles. The molecule has 0 saturated heterocycles. The lowest BCUT2D eigenvalue weighted by molar-refractivity contribution is -0.110. The van der Waals surface area contributed by atoms with Crippen LogP contribution in [0.4, 0.5) is 11.4 Å². The summed E-state index contributed by atoms with van der Waals surface area (Å²) in [6.07, 6.45) is 3.48. The molecule has 0 atom stereocenters. The van der Waals surface area contributed by atoms with E-state index in [2.05, 4.69) is 33.4 Å². The van der Waals surface area contributed by atoms with E-state index < -0.39 is 0 Å². The number of rotatable bonds is 1. The fraction of sp³-hybridized carbons (Fsp3) is 0.227. The number of carbonyl (C=O) groups is 1. The quantitative estimate of drug-likeness (QED) is 0.673. The maximum Gasteiger partial charge on any atom is 0.272 e. The van der Waals surface area contributed by atoms with Gasteiger partial charge in [-0.05, 0) is 48.6 Å². The van der Waals surface area contributed by atoms with Gasteiger partial charge in [0.25, 0.3) is 11.5 Å². The second kappa shape index (κ2) is 6.15. The fourth-order valence-electron chi connectivity index (χ4n) is 4.42. The first-order chi connectivity index (χ1) is 14.2. The number of carbonyl (C=O) groups excluding carboxylic acids is 1. The van der Waals surface area contributed by atoms with Crippen molar-refractivity contribution in [2.24, 2.45) is 4.99 Å². The van der Waals surface area contributed by atoms with Crippen LogP contribution >= 0.6 is 11.3 Å². The highest BCUT2D eigenvalue weighted by molar-refractivity contribution is 7.07. The molecular weight excluding hydrogens is 384 g/mol. The predicted octanol–water partition coefficient (Wildman–Crippen LogP) is 1.60. The van der Waals surface area contributed by atoms with Crippen molar-refractivity contribution in [2.75, 3.05) is 16.9 Å². The number of benzene rings is 2. The highest BCUT2D eigenvalue weighted by Gasteiger charge is 2.27. The molecule has 3 aliphatic rings. The zero-order chi connectivity index (χ0) is 19.5. The van der Waals surface area contributed by atoms with E-state index in [0.29, 0.717) is 28.2 Å². The summed E-state index contributed by atoms with van der Waals surface area (Å²) < 4.78 is 2.14. The molecule has 6 rings (SSSR count). The van der Waals surface area contributed by atoms with Crippen molar-refractivity contribution in [1.29, 1.82) is 0 Å². The monoisotopic (exact) mass is 402 g/mol. The Labute approximate surface area is 170 Å². The molecule has 7 heteroatoms. The van der Waals surface area contributed by atoms with Crippen LogP contribution in [-0.2, 0) is 24.3 Å². The van der Waals surface area contributed by atoms with Gasteiger partial charge in [-0.15, -0.1) is 0 Å². The summed E-state index contributed by atoms with van der Waals surface area (Å²) in [6, 6.07) is 14.0. The van der Waals surface area contributed by atoms with Gasteiger partial charge >= 0.3 is 0 Å². The van der Waals surface area contributed by atoms with Crippen LogP contribution in [-0.4, -0.2) is 17.1 Å². The zero-order valence-electron chi connectivity index (χ0n) is 15.6. The molecule has 6 nitrogen and oxygen atoms in total. The lowest BCUT2D eigenvalue weighted by atomic mass is 10.1. The average molecular weight is 402 g/mol. The van der Waals surface area contributed by atoms with Gasteiger partial charge in [-0.25, -0.2) is 4.99 Å². The van der Waals surface area contributed by atoms with Crippen LogP contribution in [0, 0.1) is 0 Å². The molecule has 1 N–H and O–H groups in total.